The number of nitrogens with one attached hydrogen (secondary N) is 1. The molecule has 4 rings (SSSR count). The number of halogens is 3. The minimum Gasteiger partial charge on any atom is -0.347 e. The molecular weight excluding hydrogens is 483 g/mol. The molecular formula is C24H24F3N3O2S2. The number of amides is 2. The number of hydrogen-bond donors (Lipinski definition) is 1. The summed E-state index contributed by atoms with van der Waals surface area (Å²) in [5.41, 5.74) is -0.709. The number of hydrogen-bond acceptors (Lipinski definition) is 5. The van der Waals surface area contributed by atoms with Crippen molar-refractivity contribution in [3.63, 3.8) is 0 Å². The highest BCUT2D eigenvalue weighted by Crippen LogP contribution is 2.32. The fourth-order valence-electron chi connectivity index (χ4n) is 3.83. The van der Waals surface area contributed by atoms with Gasteiger partial charge in [0.25, 0.3) is 11.8 Å². The van der Waals surface area contributed by atoms with Crippen LogP contribution in [-0.4, -0.2) is 47.8 Å². The van der Waals surface area contributed by atoms with Crippen molar-refractivity contribution in [3.05, 3.63) is 79.2 Å². The van der Waals surface area contributed by atoms with Gasteiger partial charge in [-0.1, -0.05) is 18.2 Å². The van der Waals surface area contributed by atoms with E-state index >= 15 is 0 Å². The molecule has 1 fully saturated rings. The van der Waals surface area contributed by atoms with E-state index in [-0.39, 0.29) is 18.0 Å². The van der Waals surface area contributed by atoms with Crippen molar-refractivity contribution in [3.8, 4) is 0 Å². The molecule has 1 saturated heterocycles. The van der Waals surface area contributed by atoms with Crippen molar-refractivity contribution < 1.29 is 22.8 Å². The van der Waals surface area contributed by atoms with Gasteiger partial charge in [0, 0.05) is 49.0 Å². The van der Waals surface area contributed by atoms with Crippen molar-refractivity contribution in [2.24, 2.45) is 0 Å². The Kier molecular flexibility index (Phi) is 7.39. The zero-order valence-corrected chi connectivity index (χ0v) is 20.2. The monoisotopic (exact) mass is 507 g/mol. The van der Waals surface area contributed by atoms with E-state index in [2.05, 4.69) is 10.2 Å². The summed E-state index contributed by atoms with van der Waals surface area (Å²) in [6.07, 6.45) is -4.46. The van der Waals surface area contributed by atoms with Gasteiger partial charge in [-0.05, 0) is 42.8 Å². The second kappa shape index (κ2) is 10.3. The smallest absolute Gasteiger partial charge is 0.347 e. The molecule has 0 unspecified atom stereocenters. The first-order valence-corrected chi connectivity index (χ1v) is 12.4. The zero-order valence-electron chi connectivity index (χ0n) is 18.5. The molecule has 34 heavy (non-hydrogen) atoms. The molecule has 5 nitrogen and oxygen atoms in total. The molecule has 0 bridgehead atoms. The predicted molar refractivity (Wildman–Crippen MR) is 127 cm³/mol. The van der Waals surface area contributed by atoms with E-state index in [1.807, 2.05) is 30.0 Å². The van der Waals surface area contributed by atoms with Gasteiger partial charge in [0.15, 0.2) is 0 Å². The third kappa shape index (κ3) is 5.86. The number of aryl methyl sites for hydroxylation is 1. The normalized spacial score (nSPS) is 14.9. The third-order valence-corrected chi connectivity index (χ3v) is 7.70. The van der Waals surface area contributed by atoms with Gasteiger partial charge < -0.3 is 10.2 Å². The number of thiophene rings is 2. The Morgan fingerprint density at radius 3 is 2.32 bits per heavy atom. The Balaban J connectivity index is 1.28. The Hall–Kier alpha value is -2.69. The fraction of sp³-hybridized carbons (Fsp3) is 0.333. The lowest BCUT2D eigenvalue weighted by Crippen LogP contribution is -2.48. The zero-order chi connectivity index (χ0) is 24.3. The molecule has 0 atom stereocenters. The van der Waals surface area contributed by atoms with Crippen LogP contribution < -0.4 is 5.32 Å². The standard InChI is InChI=1S/C24H24F3N3O2S2/c1-16-6-8-21(33-16)23(32)30-12-10-29(11-13-30)15-18-7-9-20(34-18)22(31)28-14-17-4-2-3-5-19(17)24(25,26)27/h2-9H,10-15H2,1H3,(H,28,31). The van der Waals surface area contributed by atoms with Crippen molar-refractivity contribution in [2.75, 3.05) is 26.2 Å². The summed E-state index contributed by atoms with van der Waals surface area (Å²) in [6.45, 7) is 5.22. The Morgan fingerprint density at radius 1 is 0.941 bits per heavy atom. The third-order valence-electron chi connectivity index (χ3n) is 5.64. The summed E-state index contributed by atoms with van der Waals surface area (Å²) in [5.74, 6) is -0.324. The van der Waals surface area contributed by atoms with Crippen molar-refractivity contribution in [2.45, 2.75) is 26.2 Å². The van der Waals surface area contributed by atoms with Gasteiger partial charge in [-0.25, -0.2) is 0 Å². The number of carbonyl (C=O) groups is 2. The number of piperazine rings is 1. The Bertz CT molecular complexity index is 1160. The van der Waals surface area contributed by atoms with E-state index in [0.29, 0.717) is 24.5 Å². The minimum absolute atomic E-state index is 0.0326. The molecule has 1 N–H and O–H groups in total. The largest absolute Gasteiger partial charge is 0.416 e. The van der Waals surface area contributed by atoms with Crippen LogP contribution in [0.2, 0.25) is 0 Å². The second-order valence-corrected chi connectivity index (χ2v) is 10.5. The second-order valence-electron chi connectivity index (χ2n) is 8.08. The van der Waals surface area contributed by atoms with Crippen molar-refractivity contribution >= 4 is 34.5 Å². The molecule has 1 aliphatic heterocycles. The highest BCUT2D eigenvalue weighted by Gasteiger charge is 2.33. The van der Waals surface area contributed by atoms with Crippen molar-refractivity contribution in [1.29, 1.82) is 0 Å². The van der Waals surface area contributed by atoms with Crippen LogP contribution in [0.3, 0.4) is 0 Å². The van der Waals surface area contributed by atoms with Gasteiger partial charge >= 0.3 is 6.18 Å². The fourth-order valence-corrected chi connectivity index (χ4v) is 5.64. The average molecular weight is 508 g/mol. The van der Waals surface area contributed by atoms with Crippen LogP contribution in [0.15, 0.2) is 48.5 Å². The molecule has 10 heteroatoms. The maximum atomic E-state index is 13.1. The maximum Gasteiger partial charge on any atom is 0.416 e. The summed E-state index contributed by atoms with van der Waals surface area (Å²) in [5, 5.41) is 2.59. The van der Waals surface area contributed by atoms with Crippen LogP contribution in [0.4, 0.5) is 13.2 Å². The molecule has 0 radical (unpaired) electrons. The Labute approximate surface area is 203 Å². The lowest BCUT2D eigenvalue weighted by molar-refractivity contribution is -0.138. The van der Waals surface area contributed by atoms with Gasteiger partial charge in [-0.3, -0.25) is 14.5 Å². The van der Waals surface area contributed by atoms with E-state index in [9.17, 15) is 22.8 Å². The van der Waals surface area contributed by atoms with Crippen LogP contribution in [0.25, 0.3) is 0 Å². The predicted octanol–water partition coefficient (Wildman–Crippen LogP) is 5.02. The van der Waals surface area contributed by atoms with Gasteiger partial charge in [-0.2, -0.15) is 13.2 Å². The van der Waals surface area contributed by atoms with Crippen LogP contribution >= 0.6 is 22.7 Å². The maximum absolute atomic E-state index is 13.1. The van der Waals surface area contributed by atoms with Crippen LogP contribution in [0, 0.1) is 6.92 Å². The van der Waals surface area contributed by atoms with E-state index in [4.69, 9.17) is 0 Å². The molecule has 3 aromatic rings. The van der Waals surface area contributed by atoms with Crippen LogP contribution in [-0.2, 0) is 19.3 Å². The molecule has 2 amide bonds. The van der Waals surface area contributed by atoms with E-state index in [1.54, 1.807) is 6.07 Å². The number of carbonyl (C=O) groups excluding carboxylic acids is 2. The number of benzene rings is 1. The summed E-state index contributed by atoms with van der Waals surface area (Å²) < 4.78 is 39.4. The molecule has 0 saturated carbocycles. The van der Waals surface area contributed by atoms with Crippen LogP contribution in [0.1, 0.15) is 40.2 Å². The molecule has 1 aliphatic rings. The highest BCUT2D eigenvalue weighted by molar-refractivity contribution is 7.14. The lowest BCUT2D eigenvalue weighted by atomic mass is 10.1. The quantitative estimate of drug-likeness (QED) is 0.510. The summed E-state index contributed by atoms with van der Waals surface area (Å²) >= 11 is 2.84. The molecule has 3 heterocycles. The topological polar surface area (TPSA) is 52.7 Å². The first-order chi connectivity index (χ1) is 16.2. The lowest BCUT2D eigenvalue weighted by Gasteiger charge is -2.34. The minimum atomic E-state index is -4.46. The molecule has 0 spiro atoms. The molecule has 2 aromatic heterocycles. The summed E-state index contributed by atoms with van der Waals surface area (Å²) in [4.78, 5) is 32.5. The SMILES string of the molecule is Cc1ccc(C(=O)N2CCN(Cc3ccc(C(=O)NCc4ccccc4C(F)(F)F)s3)CC2)s1. The Morgan fingerprint density at radius 2 is 1.65 bits per heavy atom. The molecule has 1 aromatic carbocycles. The molecule has 0 aliphatic carbocycles. The number of alkyl halides is 3. The average Bonchev–Trinajstić information content (AvgIpc) is 3.46. The van der Waals surface area contributed by atoms with Gasteiger partial charge in [0.05, 0.1) is 15.3 Å². The summed E-state index contributed by atoms with van der Waals surface area (Å²) in [6, 6.07) is 12.6. The first-order valence-electron chi connectivity index (χ1n) is 10.8. The van der Waals surface area contributed by atoms with Crippen molar-refractivity contribution in [1.82, 2.24) is 15.1 Å². The first kappa shape index (κ1) is 24.4. The van der Waals surface area contributed by atoms with Gasteiger partial charge in [0.1, 0.15) is 0 Å². The highest BCUT2D eigenvalue weighted by atomic mass is 32.1. The van der Waals surface area contributed by atoms with Crippen LogP contribution in [0.5, 0.6) is 0 Å². The molecule has 180 valence electrons. The van der Waals surface area contributed by atoms with E-state index in [1.165, 1.54) is 40.9 Å². The van der Waals surface area contributed by atoms with E-state index in [0.717, 1.165) is 33.8 Å². The number of nitrogens with zero attached hydrogens (tertiary/aromatic N) is 2. The number of rotatable bonds is 6. The van der Waals surface area contributed by atoms with E-state index < -0.39 is 17.6 Å². The van der Waals surface area contributed by atoms with Gasteiger partial charge in [0.2, 0.25) is 0 Å². The summed E-state index contributed by atoms with van der Waals surface area (Å²) in [7, 11) is 0. The van der Waals surface area contributed by atoms with Gasteiger partial charge in [-0.15, -0.1) is 22.7 Å².